The molecule has 15 heavy (non-hydrogen) atoms. The second-order valence-electron chi connectivity index (χ2n) is 4.60. The van der Waals surface area contributed by atoms with Crippen molar-refractivity contribution in [1.82, 2.24) is 0 Å². The van der Waals surface area contributed by atoms with Gasteiger partial charge in [-0.15, -0.1) is 0 Å². The lowest BCUT2D eigenvalue weighted by Gasteiger charge is -2.32. The minimum atomic E-state index is 0.898. The molecular formula is C13H18BrN. The Morgan fingerprint density at radius 2 is 1.93 bits per heavy atom. The molecule has 1 aliphatic heterocycles. The first kappa shape index (κ1) is 11.0. The Labute approximate surface area is 101 Å². The Hall–Kier alpha value is -0.500. The normalized spacial score (nSPS) is 18.2. The average Bonchev–Trinajstić information content (AvgIpc) is 2.23. The molecule has 2 heteroatoms. The van der Waals surface area contributed by atoms with E-state index in [1.807, 2.05) is 0 Å². The molecule has 1 fully saturated rings. The van der Waals surface area contributed by atoms with Crippen LogP contribution in [0.15, 0.2) is 22.7 Å². The van der Waals surface area contributed by atoms with Crippen LogP contribution >= 0.6 is 15.9 Å². The van der Waals surface area contributed by atoms with Crippen molar-refractivity contribution in [2.45, 2.75) is 26.7 Å². The first-order valence-electron chi connectivity index (χ1n) is 5.68. The summed E-state index contributed by atoms with van der Waals surface area (Å²) < 4.78 is 1.22. The van der Waals surface area contributed by atoms with E-state index < -0.39 is 0 Å². The van der Waals surface area contributed by atoms with Crippen LogP contribution in [0.5, 0.6) is 0 Å². The Kier molecular flexibility index (Phi) is 3.35. The lowest BCUT2D eigenvalue weighted by Crippen LogP contribution is -2.32. The van der Waals surface area contributed by atoms with Crippen LogP contribution < -0.4 is 4.90 Å². The van der Waals surface area contributed by atoms with E-state index in [9.17, 15) is 0 Å². The molecule has 1 aromatic rings. The molecule has 0 N–H and O–H groups in total. The molecule has 1 nitrogen and oxygen atoms in total. The van der Waals surface area contributed by atoms with Gasteiger partial charge >= 0.3 is 0 Å². The number of hydrogen-bond acceptors (Lipinski definition) is 1. The van der Waals surface area contributed by atoms with Gasteiger partial charge in [0.25, 0.3) is 0 Å². The van der Waals surface area contributed by atoms with Gasteiger partial charge in [0, 0.05) is 23.2 Å². The van der Waals surface area contributed by atoms with Crippen molar-refractivity contribution < 1.29 is 0 Å². The average molecular weight is 268 g/mol. The molecule has 0 amide bonds. The van der Waals surface area contributed by atoms with Crippen LogP contribution in [0.2, 0.25) is 0 Å². The Morgan fingerprint density at radius 1 is 1.27 bits per heavy atom. The van der Waals surface area contributed by atoms with Gasteiger partial charge in [0.1, 0.15) is 0 Å². The molecule has 0 bridgehead atoms. The van der Waals surface area contributed by atoms with Gasteiger partial charge < -0.3 is 4.90 Å². The van der Waals surface area contributed by atoms with Crippen molar-refractivity contribution in [3.63, 3.8) is 0 Å². The second kappa shape index (κ2) is 4.56. The topological polar surface area (TPSA) is 3.24 Å². The summed E-state index contributed by atoms with van der Waals surface area (Å²) in [4.78, 5) is 2.49. The number of halogens is 1. The highest BCUT2D eigenvalue weighted by atomic mass is 79.9. The predicted octanol–water partition coefficient (Wildman–Crippen LogP) is 3.99. The monoisotopic (exact) mass is 267 g/mol. The largest absolute Gasteiger partial charge is 0.371 e. The number of anilines is 1. The van der Waals surface area contributed by atoms with Crippen LogP contribution in [0.4, 0.5) is 5.69 Å². The lowest BCUT2D eigenvalue weighted by molar-refractivity contribution is 0.438. The van der Waals surface area contributed by atoms with Crippen molar-refractivity contribution in [1.29, 1.82) is 0 Å². The van der Waals surface area contributed by atoms with Gasteiger partial charge in [-0.25, -0.2) is 0 Å². The van der Waals surface area contributed by atoms with E-state index in [4.69, 9.17) is 0 Å². The van der Waals surface area contributed by atoms with Gasteiger partial charge in [0.15, 0.2) is 0 Å². The fourth-order valence-electron chi connectivity index (χ4n) is 2.05. The van der Waals surface area contributed by atoms with Gasteiger partial charge in [-0.3, -0.25) is 0 Å². The predicted molar refractivity (Wildman–Crippen MR) is 69.5 cm³/mol. The minimum absolute atomic E-state index is 0.898. The molecule has 82 valence electrons. The summed E-state index contributed by atoms with van der Waals surface area (Å²) in [5.74, 6) is 0.898. The summed E-state index contributed by atoms with van der Waals surface area (Å²) in [7, 11) is 0. The highest BCUT2D eigenvalue weighted by Crippen LogP contribution is 2.27. The summed E-state index contributed by atoms with van der Waals surface area (Å²) in [5.41, 5.74) is 2.67. The maximum Gasteiger partial charge on any atom is 0.0377 e. The van der Waals surface area contributed by atoms with Crippen LogP contribution in [0.25, 0.3) is 0 Å². The highest BCUT2D eigenvalue weighted by molar-refractivity contribution is 9.10. The molecule has 1 saturated heterocycles. The molecule has 0 aromatic heterocycles. The quantitative estimate of drug-likeness (QED) is 0.744. The van der Waals surface area contributed by atoms with E-state index in [2.05, 4.69) is 52.9 Å². The number of benzene rings is 1. The number of rotatable bonds is 1. The fourth-order valence-corrected chi connectivity index (χ4v) is 2.41. The highest BCUT2D eigenvalue weighted by Gasteiger charge is 2.16. The van der Waals surface area contributed by atoms with Gasteiger partial charge in [0.2, 0.25) is 0 Å². The summed E-state index contributed by atoms with van der Waals surface area (Å²) in [5, 5.41) is 0. The van der Waals surface area contributed by atoms with Crippen LogP contribution in [0, 0.1) is 12.8 Å². The summed E-state index contributed by atoms with van der Waals surface area (Å²) >= 11 is 3.60. The molecule has 2 rings (SSSR count). The number of hydrogen-bond donors (Lipinski definition) is 0. The Morgan fingerprint density at radius 3 is 2.53 bits per heavy atom. The Bertz CT molecular complexity index is 340. The smallest absolute Gasteiger partial charge is 0.0377 e. The standard InChI is InChI=1S/C13H18BrN/c1-10-5-7-15(8-6-10)12-4-3-11(2)13(14)9-12/h3-4,9-10H,5-8H2,1-2H3. The van der Waals surface area contributed by atoms with Crippen molar-refractivity contribution in [2.75, 3.05) is 18.0 Å². The SMILES string of the molecule is Cc1ccc(N2CCC(C)CC2)cc1Br. The van der Waals surface area contributed by atoms with Gasteiger partial charge in [-0.1, -0.05) is 28.9 Å². The van der Waals surface area contributed by atoms with E-state index >= 15 is 0 Å². The van der Waals surface area contributed by atoms with E-state index in [0.717, 1.165) is 5.92 Å². The summed E-state index contributed by atoms with van der Waals surface area (Å²) in [6.07, 6.45) is 2.65. The summed E-state index contributed by atoms with van der Waals surface area (Å²) in [6, 6.07) is 6.67. The number of nitrogens with zero attached hydrogens (tertiary/aromatic N) is 1. The second-order valence-corrected chi connectivity index (χ2v) is 5.46. The molecule has 0 atom stereocenters. The molecule has 0 unspecified atom stereocenters. The fraction of sp³-hybridized carbons (Fsp3) is 0.538. The molecular weight excluding hydrogens is 250 g/mol. The molecule has 1 aliphatic rings. The van der Waals surface area contributed by atoms with Gasteiger partial charge in [-0.05, 0) is 43.4 Å². The zero-order chi connectivity index (χ0) is 10.8. The molecule has 0 saturated carbocycles. The van der Waals surface area contributed by atoms with Crippen LogP contribution in [0.3, 0.4) is 0 Å². The van der Waals surface area contributed by atoms with Crippen LogP contribution in [0.1, 0.15) is 25.3 Å². The third kappa shape index (κ3) is 2.54. The number of piperidine rings is 1. The number of aryl methyl sites for hydroxylation is 1. The lowest BCUT2D eigenvalue weighted by atomic mass is 9.99. The van der Waals surface area contributed by atoms with E-state index in [1.165, 1.54) is 41.7 Å². The van der Waals surface area contributed by atoms with Crippen molar-refractivity contribution in [3.05, 3.63) is 28.2 Å². The molecule has 0 aliphatic carbocycles. The first-order chi connectivity index (χ1) is 7.16. The first-order valence-corrected chi connectivity index (χ1v) is 6.47. The molecule has 0 spiro atoms. The third-order valence-electron chi connectivity index (χ3n) is 3.30. The zero-order valence-corrected chi connectivity index (χ0v) is 11.0. The molecule has 0 radical (unpaired) electrons. The van der Waals surface area contributed by atoms with Crippen LogP contribution in [-0.4, -0.2) is 13.1 Å². The van der Waals surface area contributed by atoms with Crippen LogP contribution in [-0.2, 0) is 0 Å². The van der Waals surface area contributed by atoms with E-state index in [-0.39, 0.29) is 0 Å². The van der Waals surface area contributed by atoms with Crippen molar-refractivity contribution in [3.8, 4) is 0 Å². The minimum Gasteiger partial charge on any atom is -0.371 e. The maximum absolute atomic E-state index is 3.60. The van der Waals surface area contributed by atoms with Crippen molar-refractivity contribution in [2.24, 2.45) is 5.92 Å². The van der Waals surface area contributed by atoms with E-state index in [0.29, 0.717) is 0 Å². The summed E-state index contributed by atoms with van der Waals surface area (Å²) in [6.45, 7) is 6.89. The molecule has 1 heterocycles. The molecule has 1 aromatic carbocycles. The maximum atomic E-state index is 3.60. The van der Waals surface area contributed by atoms with Gasteiger partial charge in [0.05, 0.1) is 0 Å². The van der Waals surface area contributed by atoms with E-state index in [1.54, 1.807) is 0 Å². The Balaban J connectivity index is 2.12. The van der Waals surface area contributed by atoms with Gasteiger partial charge in [-0.2, -0.15) is 0 Å². The third-order valence-corrected chi connectivity index (χ3v) is 4.16. The van der Waals surface area contributed by atoms with Crippen molar-refractivity contribution >= 4 is 21.6 Å². The zero-order valence-electron chi connectivity index (χ0n) is 9.46.